The molecule has 0 saturated carbocycles. The number of carbonyl (C=O) groups is 2. The van der Waals surface area contributed by atoms with Gasteiger partial charge in [-0.15, -0.1) is 0 Å². The van der Waals surface area contributed by atoms with Crippen LogP contribution in [0.1, 0.15) is 18.9 Å². The third kappa shape index (κ3) is 5.45. The zero-order valence-electron chi connectivity index (χ0n) is 13.2. The van der Waals surface area contributed by atoms with E-state index in [4.69, 9.17) is 0 Å². The molecule has 0 aromatic heterocycles. The van der Waals surface area contributed by atoms with Crippen LogP contribution in [0.15, 0.2) is 30.3 Å². The first-order valence-corrected chi connectivity index (χ1v) is 9.29. The Morgan fingerprint density at radius 1 is 1.29 bits per heavy atom. The Balaban J connectivity index is 1.81. The molecule has 1 fully saturated rings. The second-order valence-electron chi connectivity index (χ2n) is 5.72. The molecular formula is C16H19FN2O4S. The first-order chi connectivity index (χ1) is 11.2. The van der Waals surface area contributed by atoms with Crippen molar-refractivity contribution in [2.24, 2.45) is 0 Å². The van der Waals surface area contributed by atoms with Crippen molar-refractivity contribution in [3.05, 3.63) is 41.7 Å². The van der Waals surface area contributed by atoms with Gasteiger partial charge < -0.3 is 10.6 Å². The van der Waals surface area contributed by atoms with Crippen molar-refractivity contribution in [3.63, 3.8) is 0 Å². The number of allylic oxidation sites excluding steroid dienone is 1. The normalized spacial score (nSPS) is 19.8. The molecule has 1 unspecified atom stereocenters. The summed E-state index contributed by atoms with van der Waals surface area (Å²) in [7, 11) is -3.06. The van der Waals surface area contributed by atoms with E-state index in [0.717, 1.165) is 0 Å². The van der Waals surface area contributed by atoms with Crippen molar-refractivity contribution in [2.75, 3.05) is 18.1 Å². The molecular weight excluding hydrogens is 335 g/mol. The maximum Gasteiger partial charge on any atom is 0.244 e. The van der Waals surface area contributed by atoms with Crippen molar-refractivity contribution in [2.45, 2.75) is 19.4 Å². The van der Waals surface area contributed by atoms with E-state index in [-0.39, 0.29) is 23.9 Å². The fourth-order valence-corrected chi connectivity index (χ4v) is 4.07. The number of carbonyl (C=O) groups excluding carboxylic acids is 2. The topological polar surface area (TPSA) is 92.3 Å². The van der Waals surface area contributed by atoms with Crippen molar-refractivity contribution < 1.29 is 22.4 Å². The maximum absolute atomic E-state index is 12.9. The summed E-state index contributed by atoms with van der Waals surface area (Å²) >= 11 is 0. The summed E-state index contributed by atoms with van der Waals surface area (Å²) < 4.78 is 35.5. The number of hydrogen-bond acceptors (Lipinski definition) is 4. The summed E-state index contributed by atoms with van der Waals surface area (Å²) in [5, 5.41) is 5.02. The van der Waals surface area contributed by atoms with Crippen LogP contribution >= 0.6 is 0 Å². The van der Waals surface area contributed by atoms with Crippen LogP contribution < -0.4 is 10.6 Å². The van der Waals surface area contributed by atoms with Gasteiger partial charge in [0.15, 0.2) is 9.84 Å². The predicted molar refractivity (Wildman–Crippen MR) is 88.3 cm³/mol. The van der Waals surface area contributed by atoms with Crippen molar-refractivity contribution in [1.29, 1.82) is 0 Å². The molecule has 0 spiro atoms. The molecule has 8 heteroatoms. The van der Waals surface area contributed by atoms with E-state index in [1.54, 1.807) is 19.1 Å². The number of nitrogens with one attached hydrogen (secondary N) is 2. The lowest BCUT2D eigenvalue weighted by Crippen LogP contribution is -2.42. The Morgan fingerprint density at radius 3 is 2.54 bits per heavy atom. The highest BCUT2D eigenvalue weighted by atomic mass is 32.2. The van der Waals surface area contributed by atoms with Gasteiger partial charge in [0.25, 0.3) is 0 Å². The minimum atomic E-state index is -3.06. The Labute approximate surface area is 140 Å². The third-order valence-corrected chi connectivity index (χ3v) is 5.44. The average molecular weight is 354 g/mol. The molecule has 0 radical (unpaired) electrons. The molecule has 2 N–H and O–H groups in total. The average Bonchev–Trinajstić information content (AvgIpc) is 2.84. The van der Waals surface area contributed by atoms with Gasteiger partial charge in [-0.1, -0.05) is 12.1 Å². The highest BCUT2D eigenvalue weighted by molar-refractivity contribution is 7.91. The van der Waals surface area contributed by atoms with Gasteiger partial charge in [0.2, 0.25) is 11.8 Å². The van der Waals surface area contributed by atoms with Gasteiger partial charge in [-0.2, -0.15) is 0 Å². The summed E-state index contributed by atoms with van der Waals surface area (Å²) in [5.74, 6) is -1.23. The number of hydrogen-bond donors (Lipinski definition) is 2. The van der Waals surface area contributed by atoms with Crippen LogP contribution in [0.3, 0.4) is 0 Å². The molecule has 0 aliphatic carbocycles. The van der Waals surface area contributed by atoms with Gasteiger partial charge in [-0.25, -0.2) is 12.8 Å². The van der Waals surface area contributed by atoms with Gasteiger partial charge >= 0.3 is 0 Å². The molecule has 24 heavy (non-hydrogen) atoms. The molecule has 0 bridgehead atoms. The Hall–Kier alpha value is -2.22. The van der Waals surface area contributed by atoms with Gasteiger partial charge in [0.1, 0.15) is 5.82 Å². The van der Waals surface area contributed by atoms with E-state index < -0.39 is 27.7 Å². The standard InChI is InChI=1S/C16H19FN2O4S/c1-11(12-2-4-13(17)5-3-12)8-15(20)18-9-16(21)19-14-6-7-24(22,23)10-14/h2-5,8,14H,6-7,9-10H2,1H3,(H,18,20)(H,19,21). The van der Waals surface area contributed by atoms with Crippen LogP contribution in [0.5, 0.6) is 0 Å². The molecule has 1 aromatic rings. The molecule has 1 aliphatic rings. The second-order valence-corrected chi connectivity index (χ2v) is 7.95. The number of halogens is 1. The minimum absolute atomic E-state index is 0.0593. The fourth-order valence-electron chi connectivity index (χ4n) is 2.40. The van der Waals surface area contributed by atoms with Crippen LogP contribution in [-0.2, 0) is 19.4 Å². The van der Waals surface area contributed by atoms with Crippen LogP contribution in [0.25, 0.3) is 5.57 Å². The molecule has 1 atom stereocenters. The van der Waals surface area contributed by atoms with Crippen LogP contribution in [-0.4, -0.2) is 44.3 Å². The van der Waals surface area contributed by atoms with Crippen molar-refractivity contribution in [1.82, 2.24) is 10.6 Å². The van der Waals surface area contributed by atoms with Gasteiger partial charge in [-0.3, -0.25) is 9.59 Å². The zero-order valence-corrected chi connectivity index (χ0v) is 14.0. The highest BCUT2D eigenvalue weighted by Gasteiger charge is 2.28. The van der Waals surface area contributed by atoms with Crippen LogP contribution in [0.4, 0.5) is 4.39 Å². The summed E-state index contributed by atoms with van der Waals surface area (Å²) in [5.41, 5.74) is 1.34. The number of amides is 2. The van der Waals surface area contributed by atoms with Gasteiger partial charge in [-0.05, 0) is 36.6 Å². The first-order valence-electron chi connectivity index (χ1n) is 7.47. The number of benzene rings is 1. The minimum Gasteiger partial charge on any atom is -0.351 e. The highest BCUT2D eigenvalue weighted by Crippen LogP contribution is 2.13. The van der Waals surface area contributed by atoms with Crippen LogP contribution in [0, 0.1) is 5.82 Å². The largest absolute Gasteiger partial charge is 0.351 e. The van der Waals surface area contributed by atoms with Crippen LogP contribution in [0.2, 0.25) is 0 Å². The monoisotopic (exact) mass is 354 g/mol. The smallest absolute Gasteiger partial charge is 0.244 e. The number of rotatable bonds is 5. The Bertz CT molecular complexity index is 757. The molecule has 6 nitrogen and oxygen atoms in total. The second kappa shape index (κ2) is 7.57. The zero-order chi connectivity index (χ0) is 17.7. The van der Waals surface area contributed by atoms with Gasteiger partial charge in [0.05, 0.1) is 18.1 Å². The lowest BCUT2D eigenvalue weighted by molar-refractivity contribution is -0.124. The summed E-state index contributed by atoms with van der Waals surface area (Å²) in [6, 6.07) is 5.32. The Morgan fingerprint density at radius 2 is 1.96 bits per heavy atom. The molecule has 130 valence electrons. The van der Waals surface area contributed by atoms with E-state index >= 15 is 0 Å². The third-order valence-electron chi connectivity index (χ3n) is 3.67. The molecule has 1 heterocycles. The molecule has 1 saturated heterocycles. The first kappa shape index (κ1) is 18.1. The summed E-state index contributed by atoms with van der Waals surface area (Å²) in [4.78, 5) is 23.5. The maximum atomic E-state index is 12.9. The van der Waals surface area contributed by atoms with E-state index in [2.05, 4.69) is 10.6 Å². The van der Waals surface area contributed by atoms with E-state index in [1.165, 1.54) is 18.2 Å². The molecule has 2 amide bonds. The van der Waals surface area contributed by atoms with E-state index in [1.807, 2.05) is 0 Å². The van der Waals surface area contributed by atoms with Crippen molar-refractivity contribution in [3.8, 4) is 0 Å². The molecule has 1 aliphatic heterocycles. The van der Waals surface area contributed by atoms with Crippen molar-refractivity contribution >= 4 is 27.2 Å². The quantitative estimate of drug-likeness (QED) is 0.760. The van der Waals surface area contributed by atoms with Gasteiger partial charge in [0, 0.05) is 12.1 Å². The predicted octanol–water partition coefficient (Wildman–Crippen LogP) is 0.649. The Kier molecular flexibility index (Phi) is 5.71. The molecule has 1 aromatic carbocycles. The lowest BCUT2D eigenvalue weighted by atomic mass is 10.1. The molecule has 2 rings (SSSR count). The van der Waals surface area contributed by atoms with E-state index in [0.29, 0.717) is 17.6 Å². The van der Waals surface area contributed by atoms with E-state index in [9.17, 15) is 22.4 Å². The SMILES string of the molecule is CC(=CC(=O)NCC(=O)NC1CCS(=O)(=O)C1)c1ccc(F)cc1. The summed E-state index contributed by atoms with van der Waals surface area (Å²) in [6.07, 6.45) is 1.71. The summed E-state index contributed by atoms with van der Waals surface area (Å²) in [6.45, 7) is 1.47. The number of sulfone groups is 1. The lowest BCUT2D eigenvalue weighted by Gasteiger charge is -2.11. The fraction of sp³-hybridized carbons (Fsp3) is 0.375.